The SMILES string of the molecule is O=CC1CCS1. The Morgan fingerprint density at radius 2 is 2.50 bits per heavy atom. The van der Waals surface area contributed by atoms with Gasteiger partial charge in [0.2, 0.25) is 0 Å². The van der Waals surface area contributed by atoms with E-state index in [9.17, 15) is 4.79 Å². The molecule has 0 amide bonds. The molecule has 1 atom stereocenters. The molecule has 1 aliphatic heterocycles. The molecule has 0 aromatic rings. The average Bonchev–Trinajstić information content (AvgIpc) is 1.31. The lowest BCUT2D eigenvalue weighted by Crippen LogP contribution is -2.15. The molecule has 0 aromatic heterocycles. The van der Waals surface area contributed by atoms with Gasteiger partial charge >= 0.3 is 0 Å². The lowest BCUT2D eigenvalue weighted by Gasteiger charge is -2.17. The second-order valence-electron chi connectivity index (χ2n) is 1.33. The molecule has 0 bridgehead atoms. The highest BCUT2D eigenvalue weighted by atomic mass is 32.2. The highest BCUT2D eigenvalue weighted by Crippen LogP contribution is 2.24. The molecule has 0 saturated carbocycles. The number of aldehydes is 1. The van der Waals surface area contributed by atoms with Crippen molar-refractivity contribution in [2.24, 2.45) is 0 Å². The third kappa shape index (κ3) is 0.570. The molecule has 1 rings (SSSR count). The fourth-order valence-corrected chi connectivity index (χ4v) is 0.948. The summed E-state index contributed by atoms with van der Waals surface area (Å²) in [6, 6.07) is 0. The Balaban J connectivity index is 2.16. The van der Waals surface area contributed by atoms with Crippen molar-refractivity contribution in [3.8, 4) is 0 Å². The molecule has 0 radical (unpaired) electrons. The van der Waals surface area contributed by atoms with Crippen molar-refractivity contribution in [1.82, 2.24) is 0 Å². The van der Waals surface area contributed by atoms with Crippen LogP contribution in [0.15, 0.2) is 0 Å². The minimum atomic E-state index is 0.352. The van der Waals surface area contributed by atoms with Gasteiger partial charge in [-0.1, -0.05) is 0 Å². The molecule has 34 valence electrons. The molecule has 0 aliphatic carbocycles. The highest BCUT2D eigenvalue weighted by molar-refractivity contribution is 8.01. The molecule has 0 aromatic carbocycles. The van der Waals surface area contributed by atoms with Gasteiger partial charge in [-0.2, -0.15) is 11.8 Å². The van der Waals surface area contributed by atoms with Crippen LogP contribution in [0.4, 0.5) is 0 Å². The van der Waals surface area contributed by atoms with E-state index >= 15 is 0 Å². The van der Waals surface area contributed by atoms with Gasteiger partial charge in [0, 0.05) is 0 Å². The van der Waals surface area contributed by atoms with E-state index in [4.69, 9.17) is 0 Å². The molecule has 1 heterocycles. The Kier molecular flexibility index (Phi) is 1.15. The summed E-state index contributed by atoms with van der Waals surface area (Å²) < 4.78 is 0. The van der Waals surface area contributed by atoms with Gasteiger partial charge in [-0.05, 0) is 12.2 Å². The predicted molar refractivity (Wildman–Crippen MR) is 26.9 cm³/mol. The first-order chi connectivity index (χ1) is 2.93. The molecule has 1 nitrogen and oxygen atoms in total. The van der Waals surface area contributed by atoms with Crippen LogP contribution in [0.2, 0.25) is 0 Å². The molecule has 1 aliphatic rings. The summed E-state index contributed by atoms with van der Waals surface area (Å²) in [5.41, 5.74) is 0. The van der Waals surface area contributed by atoms with E-state index in [-0.39, 0.29) is 0 Å². The highest BCUT2D eigenvalue weighted by Gasteiger charge is 2.15. The van der Waals surface area contributed by atoms with Crippen LogP contribution >= 0.6 is 11.8 Å². The van der Waals surface area contributed by atoms with Gasteiger partial charge in [0.1, 0.15) is 6.29 Å². The van der Waals surface area contributed by atoms with Crippen LogP contribution in [-0.2, 0) is 4.79 Å². The van der Waals surface area contributed by atoms with Crippen LogP contribution in [0.5, 0.6) is 0 Å². The number of thioether (sulfide) groups is 1. The summed E-state index contributed by atoms with van der Waals surface area (Å²) >= 11 is 1.74. The minimum absolute atomic E-state index is 0.352. The first-order valence-electron chi connectivity index (χ1n) is 2.00. The van der Waals surface area contributed by atoms with Crippen molar-refractivity contribution in [3.63, 3.8) is 0 Å². The third-order valence-electron chi connectivity index (χ3n) is 0.886. The van der Waals surface area contributed by atoms with Crippen LogP contribution in [0.3, 0.4) is 0 Å². The Bertz CT molecular complexity index is 58.6. The lowest BCUT2D eigenvalue weighted by atomic mass is 10.3. The monoisotopic (exact) mass is 102 g/mol. The number of hydrogen-bond acceptors (Lipinski definition) is 2. The van der Waals surface area contributed by atoms with Crippen molar-refractivity contribution in [3.05, 3.63) is 0 Å². The van der Waals surface area contributed by atoms with E-state index in [1.807, 2.05) is 0 Å². The molecule has 6 heavy (non-hydrogen) atoms. The smallest absolute Gasteiger partial charge is 0.132 e. The van der Waals surface area contributed by atoms with Crippen LogP contribution in [0.25, 0.3) is 0 Å². The molecule has 0 spiro atoms. The van der Waals surface area contributed by atoms with E-state index in [1.165, 1.54) is 5.75 Å². The second kappa shape index (κ2) is 1.65. The van der Waals surface area contributed by atoms with Gasteiger partial charge in [0.15, 0.2) is 0 Å². The number of hydrogen-bond donors (Lipinski definition) is 0. The third-order valence-corrected chi connectivity index (χ3v) is 2.13. The van der Waals surface area contributed by atoms with E-state index in [2.05, 4.69) is 0 Å². The van der Waals surface area contributed by atoms with E-state index in [0.717, 1.165) is 12.7 Å². The van der Waals surface area contributed by atoms with Crippen LogP contribution in [0.1, 0.15) is 6.42 Å². The minimum Gasteiger partial charge on any atom is -0.302 e. The predicted octanol–water partition coefficient (Wildman–Crippen LogP) is 0.691. The lowest BCUT2D eigenvalue weighted by molar-refractivity contribution is -0.107. The van der Waals surface area contributed by atoms with Crippen molar-refractivity contribution < 1.29 is 4.79 Å². The quantitative estimate of drug-likeness (QED) is 0.453. The fraction of sp³-hybridized carbons (Fsp3) is 0.750. The first kappa shape index (κ1) is 4.19. The standard InChI is InChI=1S/C4H6OS/c5-3-4-1-2-6-4/h3-4H,1-2H2. The normalized spacial score (nSPS) is 31.7. The Hall–Kier alpha value is 0.0200. The molecule has 2 heteroatoms. The van der Waals surface area contributed by atoms with Gasteiger partial charge in [-0.15, -0.1) is 0 Å². The maximum atomic E-state index is 9.77. The van der Waals surface area contributed by atoms with Gasteiger partial charge in [-0.3, -0.25) is 0 Å². The number of rotatable bonds is 1. The summed E-state index contributed by atoms with van der Waals surface area (Å²) in [7, 11) is 0. The maximum absolute atomic E-state index is 9.77. The van der Waals surface area contributed by atoms with E-state index in [1.54, 1.807) is 11.8 Å². The second-order valence-corrected chi connectivity index (χ2v) is 2.68. The number of carbonyl (C=O) groups excluding carboxylic acids is 1. The van der Waals surface area contributed by atoms with Gasteiger partial charge in [0.25, 0.3) is 0 Å². The number of carbonyl (C=O) groups is 1. The van der Waals surface area contributed by atoms with Crippen LogP contribution in [0, 0.1) is 0 Å². The first-order valence-corrected chi connectivity index (χ1v) is 3.05. The molecule has 1 unspecified atom stereocenters. The Labute approximate surface area is 41.1 Å². The molecule has 1 fully saturated rings. The molecule has 0 N–H and O–H groups in total. The summed E-state index contributed by atoms with van der Waals surface area (Å²) in [4.78, 5) is 9.77. The summed E-state index contributed by atoms with van der Waals surface area (Å²) in [5.74, 6) is 1.18. The summed E-state index contributed by atoms with van der Waals surface area (Å²) in [6.07, 6.45) is 2.13. The van der Waals surface area contributed by atoms with Gasteiger partial charge < -0.3 is 4.79 Å². The largest absolute Gasteiger partial charge is 0.302 e. The zero-order valence-corrected chi connectivity index (χ0v) is 4.20. The molecular formula is C4H6OS. The van der Waals surface area contributed by atoms with E-state index in [0.29, 0.717) is 5.25 Å². The van der Waals surface area contributed by atoms with Gasteiger partial charge in [0.05, 0.1) is 5.25 Å². The zero-order valence-electron chi connectivity index (χ0n) is 3.39. The Morgan fingerprint density at radius 1 is 1.83 bits per heavy atom. The Morgan fingerprint density at radius 3 is 2.50 bits per heavy atom. The zero-order chi connectivity index (χ0) is 4.41. The van der Waals surface area contributed by atoms with Crippen LogP contribution in [-0.4, -0.2) is 17.3 Å². The molecular weight excluding hydrogens is 96.1 g/mol. The topological polar surface area (TPSA) is 17.1 Å². The van der Waals surface area contributed by atoms with Crippen LogP contribution < -0.4 is 0 Å². The fourth-order valence-electron chi connectivity index (χ4n) is 0.361. The van der Waals surface area contributed by atoms with Gasteiger partial charge in [-0.25, -0.2) is 0 Å². The summed E-state index contributed by atoms with van der Waals surface area (Å²) in [5, 5.41) is 0.352. The summed E-state index contributed by atoms with van der Waals surface area (Å²) in [6.45, 7) is 0. The van der Waals surface area contributed by atoms with Crippen molar-refractivity contribution in [2.75, 3.05) is 5.75 Å². The van der Waals surface area contributed by atoms with Crippen molar-refractivity contribution >= 4 is 18.0 Å². The average molecular weight is 102 g/mol. The van der Waals surface area contributed by atoms with Crippen molar-refractivity contribution in [2.45, 2.75) is 11.7 Å². The molecule has 1 saturated heterocycles. The van der Waals surface area contributed by atoms with E-state index < -0.39 is 0 Å². The van der Waals surface area contributed by atoms with Crippen molar-refractivity contribution in [1.29, 1.82) is 0 Å². The maximum Gasteiger partial charge on any atom is 0.132 e.